The third kappa shape index (κ3) is 1.65. The SMILES string of the molecule is C[C@@]12CCC[C@H]1[C@@H]1C(C=O)C=C3C=CC=C[C@@H]3[C@H]1CC2. The van der Waals surface area contributed by atoms with E-state index < -0.39 is 0 Å². The van der Waals surface area contributed by atoms with E-state index in [0.29, 0.717) is 23.2 Å². The summed E-state index contributed by atoms with van der Waals surface area (Å²) in [4.78, 5) is 11.7. The van der Waals surface area contributed by atoms with Crippen LogP contribution in [0, 0.1) is 35.0 Å². The van der Waals surface area contributed by atoms with E-state index in [2.05, 4.69) is 37.3 Å². The van der Waals surface area contributed by atoms with Crippen LogP contribution in [0.25, 0.3) is 0 Å². The first-order chi connectivity index (χ1) is 9.73. The predicted molar refractivity (Wildman–Crippen MR) is 81.1 cm³/mol. The van der Waals surface area contributed by atoms with Crippen molar-refractivity contribution in [3.8, 4) is 0 Å². The maximum Gasteiger partial charge on any atom is 0.127 e. The highest BCUT2D eigenvalue weighted by Gasteiger charge is 2.53. The molecule has 2 fully saturated rings. The van der Waals surface area contributed by atoms with Crippen LogP contribution in [0.5, 0.6) is 0 Å². The highest BCUT2D eigenvalue weighted by Crippen LogP contribution is 2.61. The molecule has 0 N–H and O–H groups in total. The topological polar surface area (TPSA) is 17.1 Å². The Morgan fingerprint density at radius 1 is 1.25 bits per heavy atom. The van der Waals surface area contributed by atoms with Crippen molar-refractivity contribution in [2.45, 2.75) is 39.0 Å². The summed E-state index contributed by atoms with van der Waals surface area (Å²) in [5.74, 6) is 2.80. The number of aldehydes is 1. The number of hydrogen-bond acceptors (Lipinski definition) is 1. The van der Waals surface area contributed by atoms with Crippen molar-refractivity contribution in [3.63, 3.8) is 0 Å². The summed E-state index contributed by atoms with van der Waals surface area (Å²) in [6, 6.07) is 0. The largest absolute Gasteiger partial charge is 0.303 e. The van der Waals surface area contributed by atoms with Gasteiger partial charge in [0.15, 0.2) is 0 Å². The Bertz CT molecular complexity index is 512. The van der Waals surface area contributed by atoms with Crippen molar-refractivity contribution < 1.29 is 4.79 Å². The van der Waals surface area contributed by atoms with Crippen LogP contribution in [-0.4, -0.2) is 6.29 Å². The average molecular weight is 268 g/mol. The first-order valence-electron chi connectivity index (χ1n) is 8.25. The maximum atomic E-state index is 11.7. The Kier molecular flexibility index (Phi) is 2.80. The minimum atomic E-state index is 0.158. The van der Waals surface area contributed by atoms with Crippen LogP contribution in [0.4, 0.5) is 0 Å². The molecule has 2 saturated carbocycles. The number of fused-ring (bicyclic) bond motifs is 5. The van der Waals surface area contributed by atoms with Crippen LogP contribution in [0.15, 0.2) is 36.0 Å². The standard InChI is InChI=1S/C19H24O/c1-19-9-4-7-17(19)18-14(12-20)11-13-5-2-3-6-15(13)16(18)8-10-19/h2-3,5-6,11-12,14-18H,4,7-10H2,1H3/t14?,15-,16+,17-,18+,19-/m0/s1. The molecular weight excluding hydrogens is 244 g/mol. The van der Waals surface area contributed by atoms with Gasteiger partial charge >= 0.3 is 0 Å². The number of carbonyl (C=O) groups excluding carboxylic acids is 1. The molecule has 0 bridgehead atoms. The molecule has 1 heteroatoms. The van der Waals surface area contributed by atoms with Crippen LogP contribution in [0.3, 0.4) is 0 Å². The van der Waals surface area contributed by atoms with Crippen molar-refractivity contribution in [1.82, 2.24) is 0 Å². The van der Waals surface area contributed by atoms with Crippen LogP contribution in [0.2, 0.25) is 0 Å². The van der Waals surface area contributed by atoms with E-state index in [0.717, 1.165) is 5.92 Å². The molecule has 0 amide bonds. The zero-order chi connectivity index (χ0) is 13.7. The van der Waals surface area contributed by atoms with Gasteiger partial charge in [-0.2, -0.15) is 0 Å². The summed E-state index contributed by atoms with van der Waals surface area (Å²) < 4.78 is 0. The van der Waals surface area contributed by atoms with Crippen LogP contribution < -0.4 is 0 Å². The molecule has 1 unspecified atom stereocenters. The van der Waals surface area contributed by atoms with E-state index >= 15 is 0 Å². The second kappa shape index (κ2) is 4.44. The molecule has 0 saturated heterocycles. The molecule has 0 spiro atoms. The van der Waals surface area contributed by atoms with Crippen LogP contribution in [0.1, 0.15) is 39.0 Å². The molecule has 20 heavy (non-hydrogen) atoms. The van der Waals surface area contributed by atoms with Gasteiger partial charge in [-0.05, 0) is 54.4 Å². The highest BCUT2D eigenvalue weighted by molar-refractivity contribution is 5.60. The molecule has 4 rings (SSSR count). The molecule has 0 aliphatic heterocycles. The number of allylic oxidation sites excluding steroid dienone is 6. The van der Waals surface area contributed by atoms with E-state index in [1.54, 1.807) is 0 Å². The predicted octanol–water partition coefficient (Wildman–Crippen LogP) is 4.32. The van der Waals surface area contributed by atoms with Crippen molar-refractivity contribution in [3.05, 3.63) is 36.0 Å². The fourth-order valence-corrected chi connectivity index (χ4v) is 5.78. The molecule has 0 aromatic heterocycles. The van der Waals surface area contributed by atoms with Gasteiger partial charge in [-0.25, -0.2) is 0 Å². The summed E-state index contributed by atoms with van der Waals surface area (Å²) in [5, 5.41) is 0. The lowest BCUT2D eigenvalue weighted by Gasteiger charge is -2.52. The number of carbonyl (C=O) groups is 1. The zero-order valence-electron chi connectivity index (χ0n) is 12.3. The molecule has 0 aromatic rings. The summed E-state index contributed by atoms with van der Waals surface area (Å²) in [6.45, 7) is 2.48. The van der Waals surface area contributed by atoms with Crippen molar-refractivity contribution in [2.24, 2.45) is 35.0 Å². The summed E-state index contributed by atoms with van der Waals surface area (Å²) in [7, 11) is 0. The van der Waals surface area contributed by atoms with Gasteiger partial charge in [-0.3, -0.25) is 0 Å². The monoisotopic (exact) mass is 268 g/mol. The van der Waals surface area contributed by atoms with Crippen molar-refractivity contribution >= 4 is 6.29 Å². The van der Waals surface area contributed by atoms with Gasteiger partial charge in [-0.1, -0.05) is 43.7 Å². The van der Waals surface area contributed by atoms with E-state index in [9.17, 15) is 4.79 Å². The Balaban J connectivity index is 1.77. The molecule has 0 aromatic carbocycles. The van der Waals surface area contributed by atoms with E-state index in [1.165, 1.54) is 44.0 Å². The summed E-state index contributed by atoms with van der Waals surface area (Å²) in [6.07, 6.45) is 19.2. The number of rotatable bonds is 1. The summed E-state index contributed by atoms with van der Waals surface area (Å²) >= 11 is 0. The first kappa shape index (κ1) is 12.6. The van der Waals surface area contributed by atoms with Crippen LogP contribution >= 0.6 is 0 Å². The summed E-state index contributed by atoms with van der Waals surface area (Å²) in [5.41, 5.74) is 1.91. The van der Waals surface area contributed by atoms with Crippen molar-refractivity contribution in [1.29, 1.82) is 0 Å². The average Bonchev–Trinajstić information content (AvgIpc) is 2.87. The Labute approximate surface area is 121 Å². The smallest absolute Gasteiger partial charge is 0.127 e. The van der Waals surface area contributed by atoms with E-state index in [-0.39, 0.29) is 5.92 Å². The van der Waals surface area contributed by atoms with Crippen LogP contribution in [-0.2, 0) is 4.79 Å². The molecule has 106 valence electrons. The maximum absolute atomic E-state index is 11.7. The van der Waals surface area contributed by atoms with Gasteiger partial charge in [0.25, 0.3) is 0 Å². The lowest BCUT2D eigenvalue weighted by Crippen LogP contribution is -2.46. The Morgan fingerprint density at radius 3 is 3.00 bits per heavy atom. The van der Waals surface area contributed by atoms with Gasteiger partial charge in [0.2, 0.25) is 0 Å². The minimum absolute atomic E-state index is 0.158. The normalized spacial score (nSPS) is 49.0. The van der Waals surface area contributed by atoms with Gasteiger partial charge < -0.3 is 4.79 Å². The highest BCUT2D eigenvalue weighted by atomic mass is 16.1. The first-order valence-corrected chi connectivity index (χ1v) is 8.25. The van der Waals surface area contributed by atoms with Gasteiger partial charge in [0.1, 0.15) is 6.29 Å². The van der Waals surface area contributed by atoms with E-state index in [1.807, 2.05) is 0 Å². The molecule has 4 aliphatic rings. The van der Waals surface area contributed by atoms with Crippen molar-refractivity contribution in [2.75, 3.05) is 0 Å². The third-order valence-electron chi connectivity index (χ3n) is 6.72. The second-order valence-electron chi connectivity index (χ2n) is 7.58. The molecule has 4 aliphatic carbocycles. The second-order valence-corrected chi connectivity index (χ2v) is 7.58. The van der Waals surface area contributed by atoms with Gasteiger partial charge in [-0.15, -0.1) is 0 Å². The lowest BCUT2D eigenvalue weighted by molar-refractivity contribution is -0.115. The molecule has 6 atom stereocenters. The molecule has 0 heterocycles. The minimum Gasteiger partial charge on any atom is -0.303 e. The van der Waals surface area contributed by atoms with Gasteiger partial charge in [0, 0.05) is 11.8 Å². The molecule has 1 nitrogen and oxygen atoms in total. The Morgan fingerprint density at radius 2 is 2.15 bits per heavy atom. The zero-order valence-corrected chi connectivity index (χ0v) is 12.3. The molecule has 0 radical (unpaired) electrons. The fourth-order valence-electron chi connectivity index (χ4n) is 5.78. The lowest BCUT2D eigenvalue weighted by atomic mass is 9.52. The third-order valence-corrected chi connectivity index (χ3v) is 6.72. The fraction of sp³-hybridized carbons (Fsp3) is 0.632. The van der Waals surface area contributed by atoms with E-state index in [4.69, 9.17) is 0 Å². The molecular formula is C19H24O. The Hall–Kier alpha value is -1.11. The van der Waals surface area contributed by atoms with Gasteiger partial charge in [0.05, 0.1) is 0 Å². The number of hydrogen-bond donors (Lipinski definition) is 0. The quantitative estimate of drug-likeness (QED) is 0.647.